The zero-order valence-electron chi connectivity index (χ0n) is 25.3. The Morgan fingerprint density at radius 1 is 0.707 bits per heavy atom. The maximum absolute atomic E-state index is 12.9. The van der Waals surface area contributed by atoms with Crippen LogP contribution in [-0.2, 0) is 25.5 Å². The first-order chi connectivity index (χ1) is 20.0. The Kier molecular flexibility index (Phi) is 16.9. The van der Waals surface area contributed by atoms with Gasteiger partial charge in [0.05, 0.1) is 14.2 Å². The quantitative estimate of drug-likeness (QED) is 0.0905. The van der Waals surface area contributed by atoms with E-state index in [1.54, 1.807) is 43.5 Å². The summed E-state index contributed by atoms with van der Waals surface area (Å²) in [6, 6.07) is 14.1. The number of nitrogens with one attached hydrogen (secondary N) is 2. The van der Waals surface area contributed by atoms with Crippen LogP contribution in [-0.4, -0.2) is 32.0 Å². The van der Waals surface area contributed by atoms with Gasteiger partial charge >= 0.3 is 5.97 Å². The summed E-state index contributed by atoms with van der Waals surface area (Å²) >= 11 is 0. The number of ether oxygens (including phenoxy) is 2. The van der Waals surface area contributed by atoms with E-state index < -0.39 is 17.8 Å². The monoisotopic (exact) mass is 566 g/mol. The van der Waals surface area contributed by atoms with Crippen LogP contribution in [0.25, 0.3) is 0 Å². The third kappa shape index (κ3) is 14.2. The molecule has 0 aromatic heterocycles. The summed E-state index contributed by atoms with van der Waals surface area (Å²) in [5.41, 5.74) is 1.99. The van der Waals surface area contributed by atoms with E-state index in [0.29, 0.717) is 23.5 Å². The number of carbonyl (C=O) groups excluding carboxylic acids is 3. The summed E-state index contributed by atoms with van der Waals surface area (Å²) < 4.78 is 10.1. The molecule has 1 unspecified atom stereocenters. The molecule has 0 radical (unpaired) electrons. The molecular formula is C34H50N2O5. The Balaban J connectivity index is 1.66. The van der Waals surface area contributed by atoms with Crippen molar-refractivity contribution in [3.05, 3.63) is 54.1 Å². The van der Waals surface area contributed by atoms with Crippen LogP contribution in [0.5, 0.6) is 5.75 Å². The molecule has 0 bridgehead atoms. The van der Waals surface area contributed by atoms with Gasteiger partial charge in [0.2, 0.25) is 11.8 Å². The molecule has 0 spiro atoms. The highest BCUT2D eigenvalue weighted by Gasteiger charge is 2.28. The topological polar surface area (TPSA) is 93.7 Å². The molecule has 226 valence electrons. The molecule has 0 heterocycles. The Bertz CT molecular complexity index is 1040. The first-order valence-corrected chi connectivity index (χ1v) is 15.4. The van der Waals surface area contributed by atoms with E-state index in [1.165, 1.54) is 77.7 Å². The number of carbonyl (C=O) groups is 3. The molecular weight excluding hydrogens is 516 g/mol. The minimum Gasteiger partial charge on any atom is -0.497 e. The van der Waals surface area contributed by atoms with Gasteiger partial charge in [-0.3, -0.25) is 14.4 Å². The van der Waals surface area contributed by atoms with Gasteiger partial charge in [-0.05, 0) is 54.8 Å². The van der Waals surface area contributed by atoms with E-state index in [0.717, 1.165) is 18.4 Å². The van der Waals surface area contributed by atoms with Gasteiger partial charge < -0.3 is 20.1 Å². The highest BCUT2D eigenvalue weighted by Crippen LogP contribution is 2.20. The number of rotatable bonds is 21. The lowest BCUT2D eigenvalue weighted by molar-refractivity contribution is -0.148. The molecule has 0 aliphatic heterocycles. The van der Waals surface area contributed by atoms with E-state index in [9.17, 15) is 14.4 Å². The molecule has 0 aliphatic carbocycles. The van der Waals surface area contributed by atoms with Crippen LogP contribution in [0.3, 0.4) is 0 Å². The minimum absolute atomic E-state index is 0.00565. The van der Waals surface area contributed by atoms with Gasteiger partial charge in [0.25, 0.3) is 0 Å². The highest BCUT2D eigenvalue weighted by atomic mass is 16.5. The number of amides is 2. The van der Waals surface area contributed by atoms with Crippen molar-refractivity contribution in [2.75, 3.05) is 24.9 Å². The fraction of sp³-hybridized carbons (Fsp3) is 0.559. The zero-order chi connectivity index (χ0) is 29.7. The van der Waals surface area contributed by atoms with E-state index in [2.05, 4.69) is 17.6 Å². The average molecular weight is 567 g/mol. The molecule has 2 amide bonds. The Morgan fingerprint density at radius 3 is 1.78 bits per heavy atom. The molecule has 41 heavy (non-hydrogen) atoms. The van der Waals surface area contributed by atoms with Crippen molar-refractivity contribution in [1.82, 2.24) is 0 Å². The summed E-state index contributed by atoms with van der Waals surface area (Å²) in [5, 5.41) is 5.70. The van der Waals surface area contributed by atoms with Crippen molar-refractivity contribution < 1.29 is 23.9 Å². The van der Waals surface area contributed by atoms with Crippen molar-refractivity contribution in [3.8, 4) is 5.75 Å². The smallest absolute Gasteiger partial charge is 0.318 e. The molecule has 0 saturated carbocycles. The molecule has 0 aliphatic rings. The molecule has 1 atom stereocenters. The number of anilines is 2. The van der Waals surface area contributed by atoms with Crippen molar-refractivity contribution in [2.24, 2.45) is 5.92 Å². The molecule has 2 N–H and O–H groups in total. The summed E-state index contributed by atoms with van der Waals surface area (Å²) in [6.07, 6.45) is 17.3. The Morgan fingerprint density at radius 2 is 1.24 bits per heavy atom. The van der Waals surface area contributed by atoms with Crippen molar-refractivity contribution in [3.63, 3.8) is 0 Å². The molecule has 2 rings (SSSR count). The summed E-state index contributed by atoms with van der Waals surface area (Å²) in [7, 11) is 2.83. The SMILES string of the molecule is CCCCCCCCCCCCCCCC(=O)Nc1ccc(NC(=O)C(Cc2cccc(OC)c2)C(=O)OC)cc1. The molecule has 2 aromatic rings. The summed E-state index contributed by atoms with van der Waals surface area (Å²) in [6.45, 7) is 2.26. The van der Waals surface area contributed by atoms with Crippen LogP contribution in [0.15, 0.2) is 48.5 Å². The molecule has 0 saturated heterocycles. The maximum atomic E-state index is 12.9. The van der Waals surface area contributed by atoms with E-state index >= 15 is 0 Å². The fourth-order valence-electron chi connectivity index (χ4n) is 4.85. The Hall–Kier alpha value is -3.35. The van der Waals surface area contributed by atoms with E-state index in [1.807, 2.05) is 12.1 Å². The predicted octanol–water partition coefficient (Wildman–Crippen LogP) is 8.09. The second-order valence-electron chi connectivity index (χ2n) is 10.7. The van der Waals surface area contributed by atoms with Gasteiger partial charge in [-0.25, -0.2) is 0 Å². The number of unbranched alkanes of at least 4 members (excludes halogenated alkanes) is 12. The minimum atomic E-state index is -1.01. The first kappa shape index (κ1) is 33.9. The standard InChI is InChI=1S/C34H50N2O5/c1-4-5-6-7-8-9-10-11-12-13-14-15-16-20-32(37)35-28-21-23-29(24-22-28)36-33(38)31(34(39)41-3)26-27-18-17-19-30(25-27)40-2/h17-19,21-25,31H,4-16,20,26H2,1-3H3,(H,35,37)(H,36,38). The van der Waals surface area contributed by atoms with E-state index in [4.69, 9.17) is 9.47 Å². The second-order valence-corrected chi connectivity index (χ2v) is 10.7. The summed E-state index contributed by atoms with van der Waals surface area (Å²) in [4.78, 5) is 37.6. The van der Waals surface area contributed by atoms with Gasteiger partial charge in [0.1, 0.15) is 11.7 Å². The third-order valence-corrected chi connectivity index (χ3v) is 7.32. The molecule has 0 fully saturated rings. The normalized spacial score (nSPS) is 11.5. The van der Waals surface area contributed by atoms with Crippen LogP contribution in [0.4, 0.5) is 11.4 Å². The third-order valence-electron chi connectivity index (χ3n) is 7.32. The second kappa shape index (κ2) is 20.5. The number of benzene rings is 2. The number of hydrogen-bond donors (Lipinski definition) is 2. The van der Waals surface area contributed by atoms with Gasteiger partial charge in [0.15, 0.2) is 0 Å². The van der Waals surface area contributed by atoms with Crippen molar-refractivity contribution in [2.45, 2.75) is 103 Å². The largest absolute Gasteiger partial charge is 0.497 e. The van der Waals surface area contributed by atoms with Gasteiger partial charge in [-0.1, -0.05) is 96.1 Å². The van der Waals surface area contributed by atoms with Crippen LogP contribution < -0.4 is 15.4 Å². The van der Waals surface area contributed by atoms with Gasteiger partial charge in [0, 0.05) is 17.8 Å². The van der Waals surface area contributed by atoms with Crippen molar-refractivity contribution in [1.29, 1.82) is 0 Å². The number of hydrogen-bond acceptors (Lipinski definition) is 5. The van der Waals surface area contributed by atoms with Crippen LogP contribution in [0.2, 0.25) is 0 Å². The van der Waals surface area contributed by atoms with Crippen LogP contribution >= 0.6 is 0 Å². The van der Waals surface area contributed by atoms with Gasteiger partial charge in [-0.2, -0.15) is 0 Å². The molecule has 2 aromatic carbocycles. The summed E-state index contributed by atoms with van der Waals surface area (Å²) in [5.74, 6) is -1.43. The highest BCUT2D eigenvalue weighted by molar-refractivity contribution is 6.05. The maximum Gasteiger partial charge on any atom is 0.318 e. The lowest BCUT2D eigenvalue weighted by atomic mass is 9.98. The van der Waals surface area contributed by atoms with Gasteiger partial charge in [-0.15, -0.1) is 0 Å². The molecule has 7 nitrogen and oxygen atoms in total. The average Bonchev–Trinajstić information content (AvgIpc) is 2.99. The Labute approximate surface area is 246 Å². The zero-order valence-corrected chi connectivity index (χ0v) is 25.3. The van der Waals surface area contributed by atoms with Crippen LogP contribution in [0, 0.1) is 5.92 Å². The first-order valence-electron chi connectivity index (χ1n) is 15.4. The number of esters is 1. The molecule has 7 heteroatoms. The lowest BCUT2D eigenvalue weighted by Crippen LogP contribution is -2.32. The van der Waals surface area contributed by atoms with Crippen molar-refractivity contribution >= 4 is 29.2 Å². The number of methoxy groups -OCH3 is 2. The fourth-order valence-corrected chi connectivity index (χ4v) is 4.85. The predicted molar refractivity (Wildman–Crippen MR) is 166 cm³/mol. The van der Waals surface area contributed by atoms with E-state index in [-0.39, 0.29) is 12.3 Å². The lowest BCUT2D eigenvalue weighted by Gasteiger charge is -2.15. The van der Waals surface area contributed by atoms with Crippen LogP contribution in [0.1, 0.15) is 102 Å².